The summed E-state index contributed by atoms with van der Waals surface area (Å²) in [5, 5.41) is 1.41. The van der Waals surface area contributed by atoms with Gasteiger partial charge in [0.05, 0.1) is 20.9 Å². The van der Waals surface area contributed by atoms with Gasteiger partial charge in [-0.05, 0) is 75.2 Å². The lowest BCUT2D eigenvalue weighted by atomic mass is 10.1. The lowest BCUT2D eigenvalue weighted by Gasteiger charge is -2.24. The lowest BCUT2D eigenvalue weighted by molar-refractivity contribution is 0.0737. The van der Waals surface area contributed by atoms with Gasteiger partial charge in [-0.15, -0.1) is 0 Å². The van der Waals surface area contributed by atoms with Crippen LogP contribution in [0.2, 0.25) is 10.0 Å². The molecule has 2 aromatic carbocycles. The summed E-state index contributed by atoms with van der Waals surface area (Å²) in [7, 11) is 5.61. The number of aromatic amines is 1. The fourth-order valence-electron chi connectivity index (χ4n) is 3.31. The Morgan fingerprint density at radius 2 is 1.84 bits per heavy atom. The topological polar surface area (TPSA) is 61.3 Å². The van der Waals surface area contributed by atoms with Crippen LogP contribution in [0.3, 0.4) is 0 Å². The molecule has 164 valence electrons. The van der Waals surface area contributed by atoms with Crippen molar-refractivity contribution in [2.24, 2.45) is 7.05 Å². The second-order valence-electron chi connectivity index (χ2n) is 7.69. The maximum absolute atomic E-state index is 13.4. The number of nitrogens with zero attached hydrogens (tertiary/aromatic N) is 3. The number of fused-ring (bicyclic) bond motifs is 1. The minimum Gasteiger partial charge on any atom is -0.334 e. The van der Waals surface area contributed by atoms with Gasteiger partial charge in [0.15, 0.2) is 4.77 Å². The predicted octanol–water partition coefficient (Wildman–Crippen LogP) is 4.50. The van der Waals surface area contributed by atoms with Crippen LogP contribution in [0.25, 0.3) is 10.9 Å². The van der Waals surface area contributed by atoms with Gasteiger partial charge in [-0.1, -0.05) is 29.3 Å². The summed E-state index contributed by atoms with van der Waals surface area (Å²) in [6, 6.07) is 10.4. The van der Waals surface area contributed by atoms with E-state index in [0.29, 0.717) is 44.4 Å². The van der Waals surface area contributed by atoms with Crippen LogP contribution >= 0.6 is 35.4 Å². The van der Waals surface area contributed by atoms with Crippen molar-refractivity contribution in [1.82, 2.24) is 19.4 Å². The van der Waals surface area contributed by atoms with Crippen LogP contribution < -0.4 is 5.56 Å². The summed E-state index contributed by atoms with van der Waals surface area (Å²) in [6.45, 7) is 1.82. The zero-order chi connectivity index (χ0) is 22.7. The van der Waals surface area contributed by atoms with Gasteiger partial charge in [0.2, 0.25) is 0 Å². The Balaban J connectivity index is 1.94. The number of rotatable bonds is 7. The van der Waals surface area contributed by atoms with Crippen LogP contribution in [0.5, 0.6) is 0 Å². The smallest absolute Gasteiger partial charge is 0.261 e. The Morgan fingerprint density at radius 3 is 2.52 bits per heavy atom. The molecule has 0 fully saturated rings. The number of hydrogen-bond acceptors (Lipinski definition) is 4. The van der Waals surface area contributed by atoms with Crippen molar-refractivity contribution in [2.75, 3.05) is 27.2 Å². The van der Waals surface area contributed by atoms with E-state index in [1.807, 2.05) is 20.2 Å². The zero-order valence-electron chi connectivity index (χ0n) is 17.6. The van der Waals surface area contributed by atoms with Gasteiger partial charge in [-0.25, -0.2) is 0 Å². The summed E-state index contributed by atoms with van der Waals surface area (Å²) in [5.41, 5.74) is 1.72. The number of H-pyrrole nitrogens is 1. The van der Waals surface area contributed by atoms with Crippen molar-refractivity contribution in [3.8, 4) is 0 Å². The van der Waals surface area contributed by atoms with Gasteiger partial charge in [0, 0.05) is 25.7 Å². The quantitative estimate of drug-likeness (QED) is 0.507. The summed E-state index contributed by atoms with van der Waals surface area (Å²) >= 11 is 17.4. The second-order valence-corrected chi connectivity index (χ2v) is 8.89. The Labute approximate surface area is 196 Å². The molecule has 0 aliphatic heterocycles. The molecule has 0 spiro atoms. The normalized spacial score (nSPS) is 11.3. The molecule has 0 unspecified atom stereocenters. The van der Waals surface area contributed by atoms with E-state index >= 15 is 0 Å². The molecule has 0 bridgehead atoms. The van der Waals surface area contributed by atoms with Crippen LogP contribution in [-0.4, -0.2) is 52.4 Å². The van der Waals surface area contributed by atoms with Crippen molar-refractivity contribution in [2.45, 2.75) is 13.0 Å². The molecule has 1 aromatic heterocycles. The van der Waals surface area contributed by atoms with Crippen molar-refractivity contribution in [3.63, 3.8) is 0 Å². The average Bonchev–Trinajstić information content (AvgIpc) is 2.73. The zero-order valence-corrected chi connectivity index (χ0v) is 19.9. The van der Waals surface area contributed by atoms with E-state index < -0.39 is 0 Å². The number of hydrogen-bond donors (Lipinski definition) is 1. The Hall–Kier alpha value is -2.19. The van der Waals surface area contributed by atoms with Gasteiger partial charge >= 0.3 is 0 Å². The van der Waals surface area contributed by atoms with Crippen LogP contribution in [0, 0.1) is 4.77 Å². The molecule has 3 aromatic rings. The maximum Gasteiger partial charge on any atom is 0.261 e. The van der Waals surface area contributed by atoms with Crippen LogP contribution in [0.4, 0.5) is 0 Å². The summed E-state index contributed by atoms with van der Waals surface area (Å²) in [4.78, 5) is 32.7. The second kappa shape index (κ2) is 9.96. The average molecular weight is 479 g/mol. The largest absolute Gasteiger partial charge is 0.334 e. The van der Waals surface area contributed by atoms with E-state index in [9.17, 15) is 9.59 Å². The first-order chi connectivity index (χ1) is 14.7. The molecule has 0 aliphatic carbocycles. The Bertz CT molecular complexity index is 1240. The number of aromatic nitrogens is 2. The number of carbonyl (C=O) groups is 1. The summed E-state index contributed by atoms with van der Waals surface area (Å²) < 4.78 is 1.68. The number of halogens is 2. The van der Waals surface area contributed by atoms with Gasteiger partial charge in [0.25, 0.3) is 11.5 Å². The molecule has 0 aliphatic rings. The third-order valence-corrected chi connectivity index (χ3v) is 6.14. The van der Waals surface area contributed by atoms with Crippen molar-refractivity contribution in [3.05, 3.63) is 72.7 Å². The van der Waals surface area contributed by atoms with Gasteiger partial charge in [0.1, 0.15) is 0 Å². The molecule has 1 N–H and O–H groups in total. The predicted molar refractivity (Wildman–Crippen MR) is 129 cm³/mol. The molecule has 9 heteroatoms. The van der Waals surface area contributed by atoms with E-state index in [4.69, 9.17) is 35.4 Å². The fraction of sp³-hybridized carbons (Fsp3) is 0.318. The van der Waals surface area contributed by atoms with E-state index in [2.05, 4.69) is 9.88 Å². The fourth-order valence-corrected chi connectivity index (χ4v) is 3.82. The number of amides is 1. The molecular weight excluding hydrogens is 455 g/mol. The van der Waals surface area contributed by atoms with Crippen LogP contribution in [-0.2, 0) is 13.6 Å². The van der Waals surface area contributed by atoms with Crippen molar-refractivity contribution >= 4 is 52.2 Å². The Morgan fingerprint density at radius 1 is 1.10 bits per heavy atom. The minimum atomic E-state index is -0.198. The molecular formula is C22H24Cl2N4O2S. The van der Waals surface area contributed by atoms with Crippen molar-refractivity contribution in [1.29, 1.82) is 0 Å². The summed E-state index contributed by atoms with van der Waals surface area (Å²) in [5.74, 6) is -0.133. The monoisotopic (exact) mass is 478 g/mol. The highest BCUT2D eigenvalue weighted by atomic mass is 35.5. The first-order valence-electron chi connectivity index (χ1n) is 9.78. The molecule has 3 rings (SSSR count). The lowest BCUT2D eigenvalue weighted by Crippen LogP contribution is -2.33. The number of nitrogens with one attached hydrogen (secondary N) is 1. The highest BCUT2D eigenvalue weighted by Gasteiger charge is 2.18. The van der Waals surface area contributed by atoms with E-state index in [1.165, 1.54) is 4.57 Å². The summed E-state index contributed by atoms with van der Waals surface area (Å²) in [6.07, 6.45) is 0.816. The standard InChI is InChI=1S/C22H24Cl2N4O2S/c1-26(2)9-4-10-28(13-14-5-8-17(23)18(24)11-14)20(29)15-6-7-16-19(12-15)25-22(31)27(3)21(16)30/h5-8,11-12H,4,9-10,13H2,1-3H3,(H,25,31). The van der Waals surface area contributed by atoms with Gasteiger partial charge in [-0.3, -0.25) is 14.2 Å². The van der Waals surface area contributed by atoms with Crippen LogP contribution in [0.15, 0.2) is 41.2 Å². The molecule has 0 saturated carbocycles. The van der Waals surface area contributed by atoms with E-state index in [1.54, 1.807) is 42.3 Å². The first kappa shape index (κ1) is 23.5. The SMILES string of the molecule is CN(C)CCCN(Cc1ccc(Cl)c(Cl)c1)C(=O)c1ccc2c(=O)n(C)c(=S)[nH]c2c1. The molecule has 31 heavy (non-hydrogen) atoms. The molecule has 0 atom stereocenters. The van der Waals surface area contributed by atoms with Gasteiger partial charge in [-0.2, -0.15) is 0 Å². The Kier molecular flexibility index (Phi) is 7.54. The minimum absolute atomic E-state index is 0.133. The highest BCUT2D eigenvalue weighted by Crippen LogP contribution is 2.24. The van der Waals surface area contributed by atoms with E-state index in [-0.39, 0.29) is 11.5 Å². The number of carbonyl (C=O) groups excluding carboxylic acids is 1. The molecule has 0 saturated heterocycles. The third kappa shape index (κ3) is 5.54. The van der Waals surface area contributed by atoms with Crippen LogP contribution in [0.1, 0.15) is 22.3 Å². The van der Waals surface area contributed by atoms with Crippen molar-refractivity contribution < 1.29 is 4.79 Å². The molecule has 0 radical (unpaired) electrons. The molecule has 1 heterocycles. The third-order valence-electron chi connectivity index (χ3n) is 5.03. The highest BCUT2D eigenvalue weighted by molar-refractivity contribution is 7.71. The van der Waals surface area contributed by atoms with Gasteiger partial charge < -0.3 is 14.8 Å². The maximum atomic E-state index is 13.4. The molecule has 1 amide bonds. The van der Waals surface area contributed by atoms with E-state index in [0.717, 1.165) is 18.5 Å². The number of benzene rings is 2. The molecule has 6 nitrogen and oxygen atoms in total. The first-order valence-corrected chi connectivity index (χ1v) is 10.9.